The third kappa shape index (κ3) is 5.26. The lowest BCUT2D eigenvalue weighted by molar-refractivity contribution is -0.146. The number of aromatic nitrogens is 3. The van der Waals surface area contributed by atoms with Crippen LogP contribution in [0, 0.1) is 5.92 Å². The molecule has 5 heterocycles. The standard InChI is InChI=1S/C31H37N7O2S/c1-18-5-7-25(19-6-8-26-23(13-19)36-29(41-26)20-10-12-37(4)31(2,3)14-20)38(17-18)30(40)28(39)35-24-16-33-15-22-21(24)9-11-34-27(22)32/h6,8-9,11,13,15-16,18,20,25H,5,7,10,12,14,17H2,1-4H3,(H2,32,34)(H,35,39)/t18-,20-,25+/m0/s1. The highest BCUT2D eigenvalue weighted by atomic mass is 32.1. The van der Waals surface area contributed by atoms with E-state index in [0.29, 0.717) is 40.7 Å². The summed E-state index contributed by atoms with van der Waals surface area (Å²) in [5.41, 5.74) is 8.57. The topological polar surface area (TPSA) is 117 Å². The van der Waals surface area contributed by atoms with Crippen LogP contribution in [0.3, 0.4) is 0 Å². The van der Waals surface area contributed by atoms with Crippen molar-refractivity contribution in [1.29, 1.82) is 0 Å². The minimum Gasteiger partial charge on any atom is -0.383 e. The summed E-state index contributed by atoms with van der Waals surface area (Å²) in [6.07, 6.45) is 8.69. The molecule has 3 N–H and O–H groups in total. The van der Waals surface area contributed by atoms with E-state index in [-0.39, 0.29) is 11.6 Å². The van der Waals surface area contributed by atoms with Crippen molar-refractivity contribution >= 4 is 55.6 Å². The molecule has 3 aromatic heterocycles. The maximum atomic E-state index is 13.6. The molecular formula is C31H37N7O2S. The lowest BCUT2D eigenvalue weighted by Gasteiger charge is -2.43. The van der Waals surface area contributed by atoms with Gasteiger partial charge in [-0.25, -0.2) is 9.97 Å². The average Bonchev–Trinajstić information content (AvgIpc) is 3.38. The zero-order valence-corrected chi connectivity index (χ0v) is 24.9. The summed E-state index contributed by atoms with van der Waals surface area (Å²) in [4.78, 5) is 44.5. The number of likely N-dealkylation sites (tertiary alicyclic amines) is 2. The number of piperidine rings is 2. The van der Waals surface area contributed by atoms with Gasteiger partial charge in [-0.2, -0.15) is 0 Å². The highest BCUT2D eigenvalue weighted by Gasteiger charge is 2.36. The number of benzene rings is 1. The molecule has 214 valence electrons. The molecule has 2 amide bonds. The fourth-order valence-electron chi connectivity index (χ4n) is 6.31. The van der Waals surface area contributed by atoms with Gasteiger partial charge in [-0.3, -0.25) is 14.6 Å². The van der Waals surface area contributed by atoms with Crippen LogP contribution in [-0.4, -0.2) is 62.2 Å². The van der Waals surface area contributed by atoms with Gasteiger partial charge in [0.1, 0.15) is 5.82 Å². The summed E-state index contributed by atoms with van der Waals surface area (Å²) in [7, 11) is 2.20. The van der Waals surface area contributed by atoms with Crippen molar-refractivity contribution in [1.82, 2.24) is 24.8 Å². The Labute approximate surface area is 244 Å². The summed E-state index contributed by atoms with van der Waals surface area (Å²) in [5, 5.41) is 5.30. The summed E-state index contributed by atoms with van der Waals surface area (Å²) in [5.74, 6) is -0.157. The van der Waals surface area contributed by atoms with E-state index < -0.39 is 11.8 Å². The monoisotopic (exact) mass is 571 g/mol. The van der Waals surface area contributed by atoms with Crippen molar-refractivity contribution < 1.29 is 9.59 Å². The SMILES string of the molecule is C[C@H]1CC[C@H](c2ccc3sc([C@H]4CCN(C)C(C)(C)C4)nc3c2)N(C(=O)C(=O)Nc2cncc3c(N)nccc23)C1. The predicted molar refractivity (Wildman–Crippen MR) is 164 cm³/mol. The first-order valence-corrected chi connectivity index (χ1v) is 15.1. The molecule has 2 fully saturated rings. The second-order valence-corrected chi connectivity index (χ2v) is 13.4. The average molecular weight is 572 g/mol. The first kappa shape index (κ1) is 27.5. The Hall–Kier alpha value is -3.63. The second kappa shape index (κ2) is 10.6. The number of hydrogen-bond acceptors (Lipinski definition) is 8. The maximum absolute atomic E-state index is 13.6. The number of rotatable bonds is 3. The van der Waals surface area contributed by atoms with Crippen LogP contribution in [0.15, 0.2) is 42.9 Å². The number of nitrogen functional groups attached to an aromatic ring is 1. The number of nitrogens with zero attached hydrogens (tertiary/aromatic N) is 5. The molecule has 41 heavy (non-hydrogen) atoms. The predicted octanol–water partition coefficient (Wildman–Crippen LogP) is 5.35. The minimum atomic E-state index is -0.685. The van der Waals surface area contributed by atoms with E-state index in [0.717, 1.165) is 48.0 Å². The summed E-state index contributed by atoms with van der Waals surface area (Å²) < 4.78 is 1.16. The first-order valence-electron chi connectivity index (χ1n) is 14.3. The normalized spacial score (nSPS) is 23.1. The van der Waals surface area contributed by atoms with Crippen LogP contribution >= 0.6 is 11.3 Å². The van der Waals surface area contributed by atoms with E-state index in [2.05, 4.69) is 66.2 Å². The van der Waals surface area contributed by atoms with Crippen molar-refractivity contribution in [3.05, 3.63) is 53.4 Å². The molecule has 2 aliphatic rings. The van der Waals surface area contributed by atoms with Gasteiger partial charge in [0, 0.05) is 41.2 Å². The zero-order chi connectivity index (χ0) is 28.9. The number of carbonyl (C=O) groups excluding carboxylic acids is 2. The van der Waals surface area contributed by atoms with Crippen LogP contribution in [0.2, 0.25) is 0 Å². The number of thiazole rings is 1. The molecule has 0 bridgehead atoms. The van der Waals surface area contributed by atoms with Gasteiger partial charge in [-0.15, -0.1) is 11.3 Å². The molecule has 0 unspecified atom stereocenters. The van der Waals surface area contributed by atoms with Gasteiger partial charge in [0.15, 0.2) is 0 Å². The summed E-state index contributed by atoms with van der Waals surface area (Å²) in [6.45, 7) is 8.32. The Kier molecular flexibility index (Phi) is 7.15. The fraction of sp³-hybridized carbons (Fsp3) is 0.452. The van der Waals surface area contributed by atoms with Crippen molar-refractivity contribution in [2.45, 2.75) is 64.0 Å². The molecule has 0 radical (unpaired) electrons. The van der Waals surface area contributed by atoms with Gasteiger partial charge in [-0.05, 0) is 82.8 Å². The number of nitrogens with one attached hydrogen (secondary N) is 1. The quantitative estimate of drug-likeness (QED) is 0.319. The van der Waals surface area contributed by atoms with E-state index in [4.69, 9.17) is 10.7 Å². The number of anilines is 2. The Bertz CT molecular complexity index is 1630. The lowest BCUT2D eigenvalue weighted by atomic mass is 9.83. The smallest absolute Gasteiger partial charge is 0.313 e. The van der Waals surface area contributed by atoms with Gasteiger partial charge in [0.25, 0.3) is 0 Å². The third-order valence-corrected chi connectivity index (χ3v) is 10.2. The highest BCUT2D eigenvalue weighted by Crippen LogP contribution is 2.41. The van der Waals surface area contributed by atoms with Crippen molar-refractivity contribution in [2.24, 2.45) is 5.92 Å². The lowest BCUT2D eigenvalue weighted by Crippen LogP contribution is -2.46. The molecule has 10 heteroatoms. The Morgan fingerprint density at radius 1 is 1.12 bits per heavy atom. The first-order chi connectivity index (χ1) is 19.6. The molecular weight excluding hydrogens is 534 g/mol. The Morgan fingerprint density at radius 2 is 1.95 bits per heavy atom. The minimum absolute atomic E-state index is 0.151. The number of carbonyl (C=O) groups is 2. The second-order valence-electron chi connectivity index (χ2n) is 12.3. The highest BCUT2D eigenvalue weighted by molar-refractivity contribution is 7.18. The van der Waals surface area contributed by atoms with Crippen LogP contribution in [-0.2, 0) is 9.59 Å². The van der Waals surface area contributed by atoms with Gasteiger partial charge >= 0.3 is 11.8 Å². The van der Waals surface area contributed by atoms with E-state index >= 15 is 0 Å². The van der Waals surface area contributed by atoms with Crippen LogP contribution in [0.1, 0.15) is 69.0 Å². The van der Waals surface area contributed by atoms with Crippen molar-refractivity contribution in [3.63, 3.8) is 0 Å². The van der Waals surface area contributed by atoms with E-state index in [1.165, 1.54) is 11.2 Å². The van der Waals surface area contributed by atoms with E-state index in [9.17, 15) is 9.59 Å². The molecule has 3 atom stereocenters. The van der Waals surface area contributed by atoms with Gasteiger partial charge in [0.2, 0.25) is 0 Å². The molecule has 1 aromatic carbocycles. The fourth-order valence-corrected chi connectivity index (χ4v) is 7.40. The Balaban J connectivity index is 1.25. The van der Waals surface area contributed by atoms with E-state index in [1.807, 2.05) is 0 Å². The summed E-state index contributed by atoms with van der Waals surface area (Å²) in [6, 6.07) is 7.92. The third-order valence-electron chi connectivity index (χ3n) is 8.99. The molecule has 0 spiro atoms. The zero-order valence-electron chi connectivity index (χ0n) is 24.1. The number of nitrogens with two attached hydrogens (primary N) is 1. The van der Waals surface area contributed by atoms with E-state index in [1.54, 1.807) is 34.7 Å². The Morgan fingerprint density at radius 3 is 2.76 bits per heavy atom. The largest absolute Gasteiger partial charge is 0.383 e. The molecule has 2 saturated heterocycles. The molecule has 0 saturated carbocycles. The van der Waals surface area contributed by atoms with Crippen LogP contribution < -0.4 is 11.1 Å². The van der Waals surface area contributed by atoms with Crippen molar-refractivity contribution in [3.8, 4) is 0 Å². The number of amides is 2. The van der Waals surface area contributed by atoms with Crippen LogP contribution in [0.4, 0.5) is 11.5 Å². The summed E-state index contributed by atoms with van der Waals surface area (Å²) >= 11 is 1.78. The number of fused-ring (bicyclic) bond motifs is 2. The molecule has 9 nitrogen and oxygen atoms in total. The van der Waals surface area contributed by atoms with Crippen LogP contribution in [0.5, 0.6) is 0 Å². The van der Waals surface area contributed by atoms with Gasteiger partial charge < -0.3 is 20.9 Å². The molecule has 0 aliphatic carbocycles. The number of pyridine rings is 2. The molecule has 2 aliphatic heterocycles. The van der Waals surface area contributed by atoms with Gasteiger partial charge in [-0.1, -0.05) is 13.0 Å². The number of hydrogen-bond donors (Lipinski definition) is 2. The molecule has 4 aromatic rings. The van der Waals surface area contributed by atoms with Gasteiger partial charge in [0.05, 0.1) is 33.2 Å². The van der Waals surface area contributed by atoms with Crippen molar-refractivity contribution in [2.75, 3.05) is 31.2 Å². The van der Waals surface area contributed by atoms with Crippen LogP contribution in [0.25, 0.3) is 21.0 Å². The maximum Gasteiger partial charge on any atom is 0.313 e. The molecule has 6 rings (SSSR count).